The van der Waals surface area contributed by atoms with Crippen LogP contribution in [0.3, 0.4) is 0 Å². The van der Waals surface area contributed by atoms with Crippen molar-refractivity contribution in [2.45, 2.75) is 44.6 Å². The van der Waals surface area contributed by atoms with Crippen LogP contribution in [0, 0.1) is 0 Å². The molecule has 2 aromatic heterocycles. The van der Waals surface area contributed by atoms with Crippen LogP contribution in [0.5, 0.6) is 0 Å². The minimum absolute atomic E-state index is 0.168. The molecule has 2 aromatic rings. The number of thiophene rings is 1. The molecule has 5 heteroatoms. The minimum Gasteiger partial charge on any atom is -0.276 e. The molecule has 108 valence electrons. The van der Waals surface area contributed by atoms with Gasteiger partial charge in [-0.1, -0.05) is 6.42 Å². The van der Waals surface area contributed by atoms with E-state index in [0.717, 1.165) is 12.1 Å². The van der Waals surface area contributed by atoms with Gasteiger partial charge in [-0.15, -0.1) is 11.3 Å². The molecule has 0 saturated heterocycles. The number of rotatable bonds is 4. The van der Waals surface area contributed by atoms with Gasteiger partial charge in [0.05, 0.1) is 11.7 Å². The van der Waals surface area contributed by atoms with E-state index in [1.807, 2.05) is 29.3 Å². The predicted octanol–water partition coefficient (Wildman–Crippen LogP) is 2.50. The lowest BCUT2D eigenvalue weighted by Crippen LogP contribution is -2.29. The van der Waals surface area contributed by atoms with E-state index in [-0.39, 0.29) is 6.04 Å². The van der Waals surface area contributed by atoms with E-state index < -0.39 is 0 Å². The highest BCUT2D eigenvalue weighted by molar-refractivity contribution is 7.12. The van der Waals surface area contributed by atoms with Gasteiger partial charge in [0.25, 0.3) is 0 Å². The molecule has 0 saturated carbocycles. The summed E-state index contributed by atoms with van der Waals surface area (Å²) in [5.74, 6) is 5.77. The Morgan fingerprint density at radius 3 is 3.00 bits per heavy atom. The van der Waals surface area contributed by atoms with Crippen LogP contribution in [0.4, 0.5) is 0 Å². The minimum atomic E-state index is 0.168. The van der Waals surface area contributed by atoms with E-state index in [4.69, 9.17) is 5.84 Å². The summed E-state index contributed by atoms with van der Waals surface area (Å²) in [5.41, 5.74) is 5.59. The molecule has 1 aliphatic rings. The van der Waals surface area contributed by atoms with Gasteiger partial charge in [0.2, 0.25) is 0 Å². The average molecular weight is 290 g/mol. The molecule has 0 spiro atoms. The first-order chi connectivity index (χ1) is 9.76. The second-order valence-electron chi connectivity index (χ2n) is 5.56. The Morgan fingerprint density at radius 1 is 1.40 bits per heavy atom. The summed E-state index contributed by atoms with van der Waals surface area (Å²) < 4.78 is 1.84. The van der Waals surface area contributed by atoms with Crippen molar-refractivity contribution in [1.29, 1.82) is 0 Å². The lowest BCUT2D eigenvalue weighted by atomic mass is 10.1. The van der Waals surface area contributed by atoms with Crippen LogP contribution in [0.1, 0.15) is 46.3 Å². The van der Waals surface area contributed by atoms with Crippen molar-refractivity contribution in [3.8, 4) is 0 Å². The molecular formula is C15H22N4S. The third kappa shape index (κ3) is 2.95. The number of nitrogens with zero attached hydrogens (tertiary/aromatic N) is 2. The molecule has 1 unspecified atom stereocenters. The van der Waals surface area contributed by atoms with Crippen molar-refractivity contribution in [2.75, 3.05) is 0 Å². The fraction of sp³-hybridized carbons (Fsp3) is 0.533. The topological polar surface area (TPSA) is 55.9 Å². The van der Waals surface area contributed by atoms with Crippen molar-refractivity contribution in [1.82, 2.24) is 15.2 Å². The van der Waals surface area contributed by atoms with E-state index in [2.05, 4.69) is 22.7 Å². The van der Waals surface area contributed by atoms with Gasteiger partial charge in [0, 0.05) is 29.4 Å². The molecule has 20 heavy (non-hydrogen) atoms. The van der Waals surface area contributed by atoms with Crippen LogP contribution in [0.2, 0.25) is 0 Å². The van der Waals surface area contributed by atoms with Crippen molar-refractivity contribution in [2.24, 2.45) is 12.9 Å². The quantitative estimate of drug-likeness (QED) is 0.517. The van der Waals surface area contributed by atoms with Crippen molar-refractivity contribution in [3.05, 3.63) is 39.3 Å². The van der Waals surface area contributed by atoms with Crippen LogP contribution in [-0.4, -0.2) is 9.78 Å². The number of nitrogens with one attached hydrogen (secondary N) is 1. The lowest BCUT2D eigenvalue weighted by molar-refractivity contribution is 0.549. The first-order valence-electron chi connectivity index (χ1n) is 7.32. The molecule has 3 rings (SSSR count). The van der Waals surface area contributed by atoms with Crippen LogP contribution < -0.4 is 11.3 Å². The van der Waals surface area contributed by atoms with E-state index >= 15 is 0 Å². The van der Waals surface area contributed by atoms with Crippen LogP contribution >= 0.6 is 11.3 Å². The van der Waals surface area contributed by atoms with Gasteiger partial charge in [0.15, 0.2) is 0 Å². The zero-order valence-corrected chi connectivity index (χ0v) is 12.7. The predicted molar refractivity (Wildman–Crippen MR) is 82.6 cm³/mol. The summed E-state index contributed by atoms with van der Waals surface area (Å²) in [4.78, 5) is 2.92. The number of hydrazine groups is 1. The monoisotopic (exact) mass is 290 g/mol. The normalized spacial score (nSPS) is 16.7. The van der Waals surface area contributed by atoms with Gasteiger partial charge >= 0.3 is 0 Å². The van der Waals surface area contributed by atoms with Crippen LogP contribution in [0.15, 0.2) is 18.3 Å². The Morgan fingerprint density at radius 2 is 2.25 bits per heavy atom. The summed E-state index contributed by atoms with van der Waals surface area (Å²) in [5, 5.41) is 4.45. The van der Waals surface area contributed by atoms with Crippen molar-refractivity contribution in [3.63, 3.8) is 0 Å². The molecule has 4 nitrogen and oxygen atoms in total. The second kappa shape index (κ2) is 6.08. The Hall–Kier alpha value is -1.17. The van der Waals surface area contributed by atoms with E-state index in [0.29, 0.717) is 0 Å². The highest BCUT2D eigenvalue weighted by atomic mass is 32.1. The zero-order valence-electron chi connectivity index (χ0n) is 11.9. The summed E-state index contributed by atoms with van der Waals surface area (Å²) >= 11 is 1.93. The standard InChI is InChI=1S/C15H22N4S/c1-19-8-7-12(18-19)10-13(17-16)15-9-11-5-3-2-4-6-14(11)20-15/h7-9,13,17H,2-6,10,16H2,1H3. The lowest BCUT2D eigenvalue weighted by Gasteiger charge is -2.12. The molecule has 0 bridgehead atoms. The number of hydrogen-bond donors (Lipinski definition) is 2. The molecule has 0 aromatic carbocycles. The van der Waals surface area contributed by atoms with Crippen molar-refractivity contribution >= 4 is 11.3 Å². The maximum Gasteiger partial charge on any atom is 0.0644 e. The van der Waals surface area contributed by atoms with Crippen LogP contribution in [0.25, 0.3) is 0 Å². The Balaban J connectivity index is 1.79. The van der Waals surface area contributed by atoms with E-state index in [1.54, 1.807) is 10.4 Å². The Bertz CT molecular complexity index is 549. The fourth-order valence-electron chi connectivity index (χ4n) is 2.88. The summed E-state index contributed by atoms with van der Waals surface area (Å²) in [6, 6.07) is 4.59. The first-order valence-corrected chi connectivity index (χ1v) is 8.14. The van der Waals surface area contributed by atoms with Gasteiger partial charge < -0.3 is 0 Å². The van der Waals surface area contributed by atoms with Gasteiger partial charge in [-0.05, 0) is 43.4 Å². The van der Waals surface area contributed by atoms with Gasteiger partial charge in [-0.2, -0.15) is 5.10 Å². The van der Waals surface area contributed by atoms with Crippen molar-refractivity contribution < 1.29 is 0 Å². The Kier molecular flexibility index (Phi) is 4.19. The molecule has 1 atom stereocenters. The SMILES string of the molecule is Cn1ccc(CC(NN)c2cc3c(s2)CCCCC3)n1. The van der Waals surface area contributed by atoms with Gasteiger partial charge in [-0.3, -0.25) is 16.0 Å². The molecule has 0 fully saturated rings. The number of nitrogens with two attached hydrogens (primary N) is 1. The van der Waals surface area contributed by atoms with Crippen LogP contribution in [-0.2, 0) is 26.3 Å². The van der Waals surface area contributed by atoms with E-state index in [9.17, 15) is 0 Å². The smallest absolute Gasteiger partial charge is 0.0644 e. The van der Waals surface area contributed by atoms with E-state index in [1.165, 1.54) is 37.0 Å². The summed E-state index contributed by atoms with van der Waals surface area (Å²) in [7, 11) is 1.95. The molecular weight excluding hydrogens is 268 g/mol. The maximum atomic E-state index is 5.77. The van der Waals surface area contributed by atoms with Gasteiger partial charge in [0.1, 0.15) is 0 Å². The number of aryl methyl sites for hydroxylation is 3. The number of fused-ring (bicyclic) bond motifs is 1. The fourth-order valence-corrected chi connectivity index (χ4v) is 4.20. The van der Waals surface area contributed by atoms with Gasteiger partial charge in [-0.25, -0.2) is 0 Å². The highest BCUT2D eigenvalue weighted by Gasteiger charge is 2.18. The summed E-state index contributed by atoms with van der Waals surface area (Å²) in [6.45, 7) is 0. The average Bonchev–Trinajstić information content (AvgIpc) is 2.97. The highest BCUT2D eigenvalue weighted by Crippen LogP contribution is 2.33. The third-order valence-corrected chi connectivity index (χ3v) is 5.34. The molecule has 2 heterocycles. The zero-order chi connectivity index (χ0) is 13.9. The number of hydrogen-bond acceptors (Lipinski definition) is 4. The molecule has 0 radical (unpaired) electrons. The second-order valence-corrected chi connectivity index (χ2v) is 6.73. The largest absolute Gasteiger partial charge is 0.276 e. The molecule has 1 aliphatic carbocycles. The first kappa shape index (κ1) is 13.8. The summed E-state index contributed by atoms with van der Waals surface area (Å²) in [6.07, 6.45) is 9.30. The Labute approximate surface area is 124 Å². The molecule has 0 aliphatic heterocycles. The number of aromatic nitrogens is 2. The molecule has 3 N–H and O–H groups in total. The maximum absolute atomic E-state index is 5.77. The third-order valence-electron chi connectivity index (χ3n) is 3.99. The molecule has 0 amide bonds.